The van der Waals surface area contributed by atoms with E-state index in [1.807, 2.05) is 0 Å². The van der Waals surface area contributed by atoms with Crippen molar-refractivity contribution in [2.75, 3.05) is 45.8 Å². The van der Waals surface area contributed by atoms with Crippen LogP contribution in [0.25, 0.3) is 0 Å². The maximum Gasteiger partial charge on any atom is 0.314 e. The Morgan fingerprint density at radius 2 is 1.94 bits per heavy atom. The molecule has 2 aliphatic heterocycles. The van der Waals surface area contributed by atoms with Crippen molar-refractivity contribution in [1.29, 1.82) is 0 Å². The molecule has 0 spiro atoms. The number of nitrogens with one attached hydrogen (secondary N) is 3. The highest BCUT2D eigenvalue weighted by molar-refractivity contribution is 5.73. The molecule has 0 atom stereocenters. The van der Waals surface area contributed by atoms with E-state index in [9.17, 15) is 4.79 Å². The summed E-state index contributed by atoms with van der Waals surface area (Å²) in [4.78, 5) is 13.9. The van der Waals surface area contributed by atoms with E-state index >= 15 is 0 Å². The number of carbonyl (C=O) groups is 1. The molecule has 0 unspecified atom stereocenters. The minimum Gasteiger partial charge on any atom is -0.338 e. The molecule has 5 heteroatoms. The summed E-state index contributed by atoms with van der Waals surface area (Å²) in [5.41, 5.74) is 0. The molecule has 3 N–H and O–H groups in total. The number of rotatable bonds is 5. The Morgan fingerprint density at radius 3 is 2.59 bits per heavy atom. The van der Waals surface area contributed by atoms with E-state index in [1.54, 1.807) is 0 Å². The van der Waals surface area contributed by atoms with Crippen molar-refractivity contribution < 1.29 is 4.79 Å². The van der Waals surface area contributed by atoms with E-state index in [4.69, 9.17) is 0 Å². The van der Waals surface area contributed by atoms with E-state index in [-0.39, 0.29) is 6.03 Å². The molecule has 0 aromatic heterocycles. The third-order valence-electron chi connectivity index (χ3n) is 3.58. The zero-order valence-electron chi connectivity index (χ0n) is 10.5. The van der Waals surface area contributed by atoms with Gasteiger partial charge in [-0.05, 0) is 25.9 Å². The molecule has 2 rings (SSSR count). The topological polar surface area (TPSA) is 56.4 Å². The van der Waals surface area contributed by atoms with Gasteiger partial charge in [0.2, 0.25) is 0 Å². The van der Waals surface area contributed by atoms with E-state index < -0.39 is 0 Å². The molecule has 98 valence electrons. The van der Waals surface area contributed by atoms with E-state index in [1.165, 1.54) is 32.4 Å². The number of likely N-dealkylation sites (tertiary alicyclic amines) is 1. The fourth-order valence-electron chi connectivity index (χ4n) is 2.30. The fraction of sp³-hybridized carbons (Fsp3) is 0.917. The van der Waals surface area contributed by atoms with Gasteiger partial charge in [-0.1, -0.05) is 6.42 Å². The molecule has 0 aliphatic carbocycles. The van der Waals surface area contributed by atoms with Gasteiger partial charge in [-0.25, -0.2) is 4.79 Å². The van der Waals surface area contributed by atoms with Crippen molar-refractivity contribution in [2.45, 2.75) is 19.3 Å². The van der Waals surface area contributed by atoms with Gasteiger partial charge in [-0.3, -0.25) is 0 Å². The van der Waals surface area contributed by atoms with Gasteiger partial charge in [0.05, 0.1) is 0 Å². The van der Waals surface area contributed by atoms with Gasteiger partial charge in [0.25, 0.3) is 0 Å². The van der Waals surface area contributed by atoms with Crippen LogP contribution < -0.4 is 16.0 Å². The average Bonchev–Trinajstić information content (AvgIpc) is 2.28. The molecule has 0 radical (unpaired) electrons. The molecule has 0 bridgehead atoms. The first-order valence-corrected chi connectivity index (χ1v) is 6.79. The molecular formula is C12H24N4O. The Kier molecular flexibility index (Phi) is 5.07. The van der Waals surface area contributed by atoms with Crippen molar-refractivity contribution in [3.05, 3.63) is 0 Å². The second-order valence-corrected chi connectivity index (χ2v) is 5.06. The minimum atomic E-state index is -0.0195. The van der Waals surface area contributed by atoms with Gasteiger partial charge in [-0.2, -0.15) is 0 Å². The van der Waals surface area contributed by atoms with Crippen LogP contribution in [0, 0.1) is 5.92 Å². The van der Waals surface area contributed by atoms with Gasteiger partial charge in [0, 0.05) is 38.6 Å². The Morgan fingerprint density at radius 1 is 1.18 bits per heavy atom. The SMILES string of the molecule is O=C(NCCN1CCCCC1)NCC1CNC1. The highest BCUT2D eigenvalue weighted by Gasteiger charge is 2.17. The smallest absolute Gasteiger partial charge is 0.314 e. The minimum absolute atomic E-state index is 0.0195. The second-order valence-electron chi connectivity index (χ2n) is 5.06. The lowest BCUT2D eigenvalue weighted by Gasteiger charge is -2.28. The molecule has 2 fully saturated rings. The predicted octanol–water partition coefficient (Wildman–Crippen LogP) is -0.00910. The standard InChI is InChI=1S/C12H24N4O/c17-12(15-10-11-8-13-9-11)14-4-7-16-5-2-1-3-6-16/h11,13H,1-10H2,(H2,14,15,17). The molecule has 0 aromatic carbocycles. The maximum absolute atomic E-state index is 11.5. The first-order valence-electron chi connectivity index (χ1n) is 6.79. The summed E-state index contributed by atoms with van der Waals surface area (Å²) < 4.78 is 0. The lowest BCUT2D eigenvalue weighted by Crippen LogP contribution is -2.50. The molecule has 2 heterocycles. The van der Waals surface area contributed by atoms with Crippen LogP contribution in [-0.4, -0.2) is 56.7 Å². The number of piperidine rings is 1. The van der Waals surface area contributed by atoms with Crippen molar-refractivity contribution in [2.24, 2.45) is 5.92 Å². The quantitative estimate of drug-likeness (QED) is 0.633. The zero-order valence-corrected chi connectivity index (χ0v) is 10.5. The monoisotopic (exact) mass is 240 g/mol. The summed E-state index contributed by atoms with van der Waals surface area (Å²) in [6.07, 6.45) is 3.97. The van der Waals surface area contributed by atoms with Gasteiger partial charge in [0.1, 0.15) is 0 Å². The Bertz CT molecular complexity index is 237. The third kappa shape index (κ3) is 4.52. The van der Waals surface area contributed by atoms with Crippen LogP contribution in [0.3, 0.4) is 0 Å². The average molecular weight is 240 g/mol. The van der Waals surface area contributed by atoms with E-state index in [0.717, 1.165) is 32.7 Å². The van der Waals surface area contributed by atoms with Crippen molar-refractivity contribution >= 4 is 6.03 Å². The summed E-state index contributed by atoms with van der Waals surface area (Å²) in [6.45, 7) is 6.99. The molecule has 17 heavy (non-hydrogen) atoms. The Labute approximate surface area is 103 Å². The maximum atomic E-state index is 11.5. The van der Waals surface area contributed by atoms with Gasteiger partial charge < -0.3 is 20.9 Å². The summed E-state index contributed by atoms with van der Waals surface area (Å²) in [5, 5.41) is 9.03. The van der Waals surface area contributed by atoms with Crippen LogP contribution in [0.1, 0.15) is 19.3 Å². The van der Waals surface area contributed by atoms with Crippen LogP contribution >= 0.6 is 0 Å². The fourth-order valence-corrected chi connectivity index (χ4v) is 2.30. The van der Waals surface area contributed by atoms with E-state index in [2.05, 4.69) is 20.9 Å². The Balaban J connectivity index is 1.47. The molecule has 5 nitrogen and oxygen atoms in total. The zero-order chi connectivity index (χ0) is 11.9. The second kappa shape index (κ2) is 6.81. The summed E-state index contributed by atoms with van der Waals surface area (Å²) >= 11 is 0. The summed E-state index contributed by atoms with van der Waals surface area (Å²) in [7, 11) is 0. The third-order valence-corrected chi connectivity index (χ3v) is 3.58. The molecule has 0 saturated carbocycles. The Hall–Kier alpha value is -0.810. The van der Waals surface area contributed by atoms with Crippen LogP contribution in [0.15, 0.2) is 0 Å². The normalized spacial score (nSPS) is 21.9. The lowest BCUT2D eigenvalue weighted by molar-refractivity contribution is 0.218. The van der Waals surface area contributed by atoms with Crippen molar-refractivity contribution in [1.82, 2.24) is 20.9 Å². The van der Waals surface area contributed by atoms with E-state index in [0.29, 0.717) is 5.92 Å². The van der Waals surface area contributed by atoms with Gasteiger partial charge >= 0.3 is 6.03 Å². The first-order chi connectivity index (χ1) is 8.34. The largest absolute Gasteiger partial charge is 0.338 e. The van der Waals surface area contributed by atoms with Crippen LogP contribution in [0.4, 0.5) is 4.79 Å². The summed E-state index contributed by atoms with van der Waals surface area (Å²) in [6, 6.07) is -0.0195. The first kappa shape index (κ1) is 12.6. The van der Waals surface area contributed by atoms with Crippen LogP contribution in [0.2, 0.25) is 0 Å². The lowest BCUT2D eigenvalue weighted by atomic mass is 10.0. The van der Waals surface area contributed by atoms with Crippen LogP contribution in [-0.2, 0) is 0 Å². The van der Waals surface area contributed by atoms with Gasteiger partial charge in [-0.15, -0.1) is 0 Å². The summed E-state index contributed by atoms with van der Waals surface area (Å²) in [5.74, 6) is 0.628. The number of hydrogen-bond donors (Lipinski definition) is 3. The molecule has 2 saturated heterocycles. The molecular weight excluding hydrogens is 216 g/mol. The van der Waals surface area contributed by atoms with Crippen molar-refractivity contribution in [3.8, 4) is 0 Å². The highest BCUT2D eigenvalue weighted by Crippen LogP contribution is 2.07. The number of urea groups is 1. The molecule has 2 aliphatic rings. The number of carbonyl (C=O) groups excluding carboxylic acids is 1. The van der Waals surface area contributed by atoms with Crippen molar-refractivity contribution in [3.63, 3.8) is 0 Å². The number of amides is 2. The van der Waals surface area contributed by atoms with Gasteiger partial charge in [0.15, 0.2) is 0 Å². The highest BCUT2D eigenvalue weighted by atomic mass is 16.2. The molecule has 2 amide bonds. The number of nitrogens with zero attached hydrogens (tertiary/aromatic N) is 1. The molecule has 0 aromatic rings. The van der Waals surface area contributed by atoms with Crippen LogP contribution in [0.5, 0.6) is 0 Å². The predicted molar refractivity (Wildman–Crippen MR) is 68.1 cm³/mol. The number of hydrogen-bond acceptors (Lipinski definition) is 3.